The van der Waals surface area contributed by atoms with Crippen molar-refractivity contribution in [1.29, 1.82) is 0 Å². The molecule has 6 rings (SSSR count). The lowest BCUT2D eigenvalue weighted by Crippen LogP contribution is -2.33. The van der Waals surface area contributed by atoms with E-state index in [2.05, 4.69) is 32.3 Å². The second kappa shape index (κ2) is 9.35. The number of nitrogens with zero attached hydrogens (tertiary/aromatic N) is 7. The molecule has 0 aliphatic carbocycles. The summed E-state index contributed by atoms with van der Waals surface area (Å²) in [5.74, 6) is 5.79. The Morgan fingerprint density at radius 1 is 1.08 bits per heavy atom. The van der Waals surface area contributed by atoms with E-state index in [0.29, 0.717) is 28.1 Å². The zero-order valence-electron chi connectivity index (χ0n) is 21.1. The Bertz CT molecular complexity index is 1980. The van der Waals surface area contributed by atoms with Crippen LogP contribution in [0.4, 0.5) is 5.82 Å². The Labute approximate surface area is 222 Å². The summed E-state index contributed by atoms with van der Waals surface area (Å²) in [5, 5.41) is 11.3. The van der Waals surface area contributed by atoms with Crippen LogP contribution in [0.2, 0.25) is 0 Å². The molecule has 0 saturated heterocycles. The minimum absolute atomic E-state index is 0.0662. The predicted molar refractivity (Wildman–Crippen MR) is 145 cm³/mol. The molecule has 0 fully saturated rings. The van der Waals surface area contributed by atoms with Gasteiger partial charge in [0.25, 0.3) is 11.5 Å². The van der Waals surface area contributed by atoms with Gasteiger partial charge in [0, 0.05) is 43.7 Å². The van der Waals surface area contributed by atoms with Gasteiger partial charge in [-0.05, 0) is 31.2 Å². The summed E-state index contributed by atoms with van der Waals surface area (Å²) in [7, 11) is 1.82. The smallest absolute Gasteiger partial charge is 0.280 e. The van der Waals surface area contributed by atoms with Gasteiger partial charge in [0.2, 0.25) is 0 Å². The lowest BCUT2D eigenvalue weighted by Gasteiger charge is -2.20. The van der Waals surface area contributed by atoms with Gasteiger partial charge in [-0.25, -0.2) is 9.50 Å². The van der Waals surface area contributed by atoms with E-state index in [4.69, 9.17) is 5.73 Å². The molecule has 11 heteroatoms. The number of benzene rings is 1. The van der Waals surface area contributed by atoms with Gasteiger partial charge in [0.1, 0.15) is 11.1 Å². The molecular formula is C28H23N9O2. The Morgan fingerprint density at radius 3 is 2.67 bits per heavy atom. The highest BCUT2D eigenvalue weighted by Gasteiger charge is 2.24. The fourth-order valence-electron chi connectivity index (χ4n) is 4.54. The summed E-state index contributed by atoms with van der Waals surface area (Å²) in [5.41, 5.74) is 9.28. The molecule has 0 saturated carbocycles. The summed E-state index contributed by atoms with van der Waals surface area (Å²) in [6.07, 6.45) is 10.3. The van der Waals surface area contributed by atoms with Crippen LogP contribution < -0.4 is 16.6 Å². The fourth-order valence-corrected chi connectivity index (χ4v) is 4.54. The van der Waals surface area contributed by atoms with Gasteiger partial charge in [0.05, 0.1) is 29.1 Å². The normalized spacial score (nSPS) is 11.8. The lowest BCUT2D eigenvalue weighted by atomic mass is 10.1. The van der Waals surface area contributed by atoms with Crippen LogP contribution in [0.25, 0.3) is 16.9 Å². The van der Waals surface area contributed by atoms with Crippen molar-refractivity contribution in [1.82, 2.24) is 38.7 Å². The van der Waals surface area contributed by atoms with Gasteiger partial charge in [-0.2, -0.15) is 5.10 Å². The Hall–Kier alpha value is -5.63. The number of nitrogens with two attached hydrogens (primary N) is 1. The van der Waals surface area contributed by atoms with Crippen LogP contribution in [0.5, 0.6) is 0 Å². The Balaban J connectivity index is 1.45. The third-order valence-electron chi connectivity index (χ3n) is 6.35. The van der Waals surface area contributed by atoms with Crippen molar-refractivity contribution in [3.05, 3.63) is 112 Å². The lowest BCUT2D eigenvalue weighted by molar-refractivity contribution is 0.0941. The summed E-state index contributed by atoms with van der Waals surface area (Å²) in [6.45, 7) is 1.81. The predicted octanol–water partition coefficient (Wildman–Crippen LogP) is 2.34. The number of carbonyl (C=O) groups excluding carboxylic acids is 1. The number of nitrogen functional groups attached to an aromatic ring is 1. The summed E-state index contributed by atoms with van der Waals surface area (Å²) >= 11 is 0. The molecule has 11 nitrogen and oxygen atoms in total. The maximum atomic E-state index is 14.0. The molecule has 1 unspecified atom stereocenters. The number of nitrogens with one attached hydrogen (secondary N) is 1. The third kappa shape index (κ3) is 4.19. The maximum absolute atomic E-state index is 14.0. The van der Waals surface area contributed by atoms with E-state index in [-0.39, 0.29) is 16.9 Å². The number of anilines is 1. The van der Waals surface area contributed by atoms with Gasteiger partial charge in [-0.15, -0.1) is 5.10 Å². The van der Waals surface area contributed by atoms with Gasteiger partial charge < -0.3 is 15.5 Å². The molecule has 0 aliphatic rings. The molecule has 6 aromatic rings. The van der Waals surface area contributed by atoms with E-state index in [0.717, 1.165) is 5.56 Å². The number of amides is 1. The zero-order chi connectivity index (χ0) is 27.1. The molecule has 0 aliphatic heterocycles. The molecule has 5 aromatic heterocycles. The first-order valence-electron chi connectivity index (χ1n) is 12.1. The quantitative estimate of drug-likeness (QED) is 0.345. The van der Waals surface area contributed by atoms with E-state index in [1.165, 1.54) is 4.52 Å². The number of rotatable bonds is 4. The number of fused-ring (bicyclic) bond motifs is 2. The van der Waals surface area contributed by atoms with E-state index < -0.39 is 11.9 Å². The largest absolute Gasteiger partial charge is 0.381 e. The van der Waals surface area contributed by atoms with Gasteiger partial charge in [0.15, 0.2) is 11.5 Å². The number of para-hydroxylation sites is 1. The number of aryl methyl sites for hydroxylation is 1. The summed E-state index contributed by atoms with van der Waals surface area (Å²) in [6, 6.07) is 12.2. The van der Waals surface area contributed by atoms with Crippen LogP contribution in [-0.2, 0) is 7.05 Å². The van der Waals surface area contributed by atoms with Gasteiger partial charge >= 0.3 is 0 Å². The Morgan fingerprint density at radius 2 is 1.90 bits per heavy atom. The molecule has 5 heterocycles. The van der Waals surface area contributed by atoms with E-state index in [9.17, 15) is 9.59 Å². The van der Waals surface area contributed by atoms with Crippen LogP contribution in [0.1, 0.15) is 40.1 Å². The first-order valence-corrected chi connectivity index (χ1v) is 12.1. The van der Waals surface area contributed by atoms with Crippen LogP contribution >= 0.6 is 0 Å². The topological polar surface area (TPSA) is 130 Å². The number of hydrogen-bond donors (Lipinski definition) is 2. The summed E-state index contributed by atoms with van der Waals surface area (Å²) in [4.78, 5) is 31.6. The minimum Gasteiger partial charge on any atom is -0.381 e. The van der Waals surface area contributed by atoms with Gasteiger partial charge in [-0.3, -0.25) is 18.8 Å². The average Bonchev–Trinajstić information content (AvgIpc) is 3.63. The number of hydrogen-bond acceptors (Lipinski definition) is 6. The molecule has 0 radical (unpaired) electrons. The van der Waals surface area contributed by atoms with Crippen molar-refractivity contribution in [2.45, 2.75) is 13.0 Å². The van der Waals surface area contributed by atoms with Crippen molar-refractivity contribution in [2.75, 3.05) is 5.73 Å². The minimum atomic E-state index is -0.583. The molecule has 0 bridgehead atoms. The van der Waals surface area contributed by atoms with Crippen LogP contribution in [0.15, 0.2) is 84.4 Å². The van der Waals surface area contributed by atoms with Crippen LogP contribution in [-0.4, -0.2) is 39.3 Å². The first kappa shape index (κ1) is 23.7. The highest BCUT2D eigenvalue weighted by Crippen LogP contribution is 2.21. The maximum Gasteiger partial charge on any atom is 0.280 e. The standard InChI is InChI=1S/C28H23N9O2/c1-18(32-27(38)23-25(29)33-36-13-6-12-30-26(23)36)22-17-35-14-11-20(10-9-19-15-31-34(2)16-19)24(35)28(39)37(22)21-7-4-3-5-8-21/h3-8,11-18H,1-2H3,(H2,29,33)(H,32,38). The highest BCUT2D eigenvalue weighted by atomic mass is 16.2. The number of carbonyl (C=O) groups is 1. The van der Waals surface area contributed by atoms with E-state index >= 15 is 0 Å². The second-order valence-corrected chi connectivity index (χ2v) is 9.01. The highest BCUT2D eigenvalue weighted by molar-refractivity contribution is 6.04. The fraction of sp³-hybridized carbons (Fsp3) is 0.107. The zero-order valence-corrected chi connectivity index (χ0v) is 21.1. The molecular weight excluding hydrogens is 494 g/mol. The first-order chi connectivity index (χ1) is 18.9. The van der Waals surface area contributed by atoms with Crippen molar-refractivity contribution >= 4 is 22.9 Å². The molecule has 1 amide bonds. The summed E-state index contributed by atoms with van der Waals surface area (Å²) < 4.78 is 6.45. The van der Waals surface area contributed by atoms with Crippen molar-refractivity contribution in [3.63, 3.8) is 0 Å². The van der Waals surface area contributed by atoms with E-state index in [1.807, 2.05) is 49.8 Å². The van der Waals surface area contributed by atoms with Crippen molar-refractivity contribution in [3.8, 4) is 17.5 Å². The monoisotopic (exact) mass is 517 g/mol. The molecule has 39 heavy (non-hydrogen) atoms. The Kier molecular flexibility index (Phi) is 5.69. The second-order valence-electron chi connectivity index (χ2n) is 9.01. The average molecular weight is 518 g/mol. The molecule has 1 aromatic carbocycles. The number of aromatic nitrogens is 7. The van der Waals surface area contributed by atoms with Gasteiger partial charge in [-0.1, -0.05) is 30.0 Å². The van der Waals surface area contributed by atoms with E-state index in [1.54, 1.807) is 57.5 Å². The van der Waals surface area contributed by atoms with Crippen molar-refractivity contribution in [2.24, 2.45) is 7.05 Å². The molecule has 0 spiro atoms. The van der Waals surface area contributed by atoms with Crippen LogP contribution in [0.3, 0.4) is 0 Å². The van der Waals surface area contributed by atoms with Crippen molar-refractivity contribution < 1.29 is 4.79 Å². The molecule has 192 valence electrons. The molecule has 1 atom stereocenters. The molecule has 3 N–H and O–H groups in total. The van der Waals surface area contributed by atoms with Crippen LogP contribution in [0, 0.1) is 11.8 Å². The third-order valence-corrected chi connectivity index (χ3v) is 6.35. The SMILES string of the molecule is CC(NC(=O)c1c(N)nn2cccnc12)c1cn2ccc(C#Cc3cnn(C)c3)c2c(=O)n1-c1ccccc1.